The first-order valence-corrected chi connectivity index (χ1v) is 13.8. The number of hydrogen-bond donors (Lipinski definition) is 1. The second kappa shape index (κ2) is 9.82. The van der Waals surface area contributed by atoms with E-state index < -0.39 is 21.8 Å². The van der Waals surface area contributed by atoms with Crippen molar-refractivity contribution in [3.05, 3.63) is 65.2 Å². The maximum absolute atomic E-state index is 13.6. The van der Waals surface area contributed by atoms with Crippen molar-refractivity contribution in [2.24, 2.45) is 11.3 Å². The van der Waals surface area contributed by atoms with Crippen LogP contribution in [0.1, 0.15) is 63.1 Å². The molecule has 0 bridgehead atoms. The molecule has 0 saturated heterocycles. The molecule has 2 aliphatic rings. The lowest BCUT2D eigenvalue weighted by Crippen LogP contribution is -2.53. The molecule has 0 radical (unpaired) electrons. The Hall–Kier alpha value is -2.39. The maximum atomic E-state index is 13.6. The molecule has 9 heteroatoms. The molecule has 0 aromatic heterocycles. The number of sulfonamides is 1. The zero-order valence-corrected chi connectivity index (χ0v) is 21.6. The topological polar surface area (TPSA) is 66.5 Å². The number of rotatable bonds is 4. The largest absolute Gasteiger partial charge is 0.416 e. The maximum Gasteiger partial charge on any atom is 0.416 e. The summed E-state index contributed by atoms with van der Waals surface area (Å²) >= 11 is 0. The summed E-state index contributed by atoms with van der Waals surface area (Å²) in [6, 6.07) is 11.4. The number of carbonyl (C=O) groups excluding carboxylic acids is 1. The highest BCUT2D eigenvalue weighted by molar-refractivity contribution is 7.89. The Morgan fingerprint density at radius 2 is 1.50 bits per heavy atom. The average molecular weight is 523 g/mol. The van der Waals surface area contributed by atoms with Crippen LogP contribution < -0.4 is 4.72 Å². The second-order valence-electron chi connectivity index (χ2n) is 11.0. The van der Waals surface area contributed by atoms with Crippen molar-refractivity contribution in [2.45, 2.75) is 82.6 Å². The summed E-state index contributed by atoms with van der Waals surface area (Å²) < 4.78 is 66.4. The first-order chi connectivity index (χ1) is 16.8. The number of alkyl halides is 3. The smallest absolute Gasteiger partial charge is 0.334 e. The molecule has 2 aromatic rings. The fraction of sp³-hybridized carbons (Fsp3) is 0.519. The minimum Gasteiger partial charge on any atom is -0.334 e. The van der Waals surface area contributed by atoms with Crippen LogP contribution in [0.25, 0.3) is 0 Å². The molecule has 1 N–H and O–H groups in total. The van der Waals surface area contributed by atoms with E-state index in [0.29, 0.717) is 32.2 Å². The number of fused-ring (bicyclic) bond motifs is 1. The van der Waals surface area contributed by atoms with E-state index in [-0.39, 0.29) is 34.2 Å². The average Bonchev–Trinajstić information content (AvgIpc) is 2.82. The molecule has 196 valence electrons. The van der Waals surface area contributed by atoms with Crippen LogP contribution in [0.5, 0.6) is 0 Å². The lowest BCUT2D eigenvalue weighted by molar-refractivity contribution is -0.143. The predicted octanol–water partition coefficient (Wildman–Crippen LogP) is 5.54. The Balaban J connectivity index is 1.40. The zero-order chi connectivity index (χ0) is 26.3. The number of carbonyl (C=O) groups is 1. The molecular weight excluding hydrogens is 489 g/mol. The van der Waals surface area contributed by atoms with Crippen LogP contribution in [0.2, 0.25) is 0 Å². The normalized spacial score (nSPS) is 23.3. The summed E-state index contributed by atoms with van der Waals surface area (Å²) in [7, 11) is -3.95. The molecule has 1 saturated carbocycles. The highest BCUT2D eigenvalue weighted by Crippen LogP contribution is 2.37. The van der Waals surface area contributed by atoms with Crippen LogP contribution in [0.15, 0.2) is 53.4 Å². The number of hydrogen-bond acceptors (Lipinski definition) is 3. The van der Waals surface area contributed by atoms with Gasteiger partial charge >= 0.3 is 6.18 Å². The number of nitrogens with one attached hydrogen (secondary N) is 1. The van der Waals surface area contributed by atoms with Gasteiger partial charge in [0.1, 0.15) is 0 Å². The fourth-order valence-electron chi connectivity index (χ4n) is 5.33. The van der Waals surface area contributed by atoms with Gasteiger partial charge in [-0.3, -0.25) is 4.79 Å². The summed E-state index contributed by atoms with van der Waals surface area (Å²) in [4.78, 5) is 15.5. The number of nitrogens with zero attached hydrogens (tertiary/aromatic N) is 1. The van der Waals surface area contributed by atoms with Crippen molar-refractivity contribution in [2.75, 3.05) is 0 Å². The lowest BCUT2D eigenvalue weighted by atomic mass is 9.77. The quantitative estimate of drug-likeness (QED) is 0.573. The molecule has 1 aliphatic heterocycles. The SMILES string of the molecule is CC(C)(C)C1Cc2ccccc2CN1C(=O)C1CCC(NS(=O)(=O)c2ccc(C(F)(F)F)cc2)CC1. The van der Waals surface area contributed by atoms with Gasteiger partial charge in [-0.2, -0.15) is 13.2 Å². The number of benzene rings is 2. The third-order valence-corrected chi connectivity index (χ3v) is 8.96. The minimum atomic E-state index is -4.52. The van der Waals surface area contributed by atoms with Crippen molar-refractivity contribution < 1.29 is 26.4 Å². The Bertz CT molecular complexity index is 1200. The van der Waals surface area contributed by atoms with Gasteiger partial charge in [-0.05, 0) is 72.9 Å². The number of amides is 1. The molecule has 1 amide bonds. The summed E-state index contributed by atoms with van der Waals surface area (Å²) in [5.74, 6) is -0.0552. The molecule has 4 rings (SSSR count). The van der Waals surface area contributed by atoms with E-state index in [1.807, 2.05) is 17.0 Å². The van der Waals surface area contributed by atoms with Gasteiger partial charge < -0.3 is 4.90 Å². The van der Waals surface area contributed by atoms with Crippen LogP contribution in [0, 0.1) is 11.3 Å². The van der Waals surface area contributed by atoms with Crippen LogP contribution in [-0.2, 0) is 34.0 Å². The Kier molecular flexibility index (Phi) is 7.27. The number of halogens is 3. The van der Waals surface area contributed by atoms with Crippen LogP contribution in [-0.4, -0.2) is 31.3 Å². The van der Waals surface area contributed by atoms with E-state index in [2.05, 4.69) is 37.6 Å². The fourth-order valence-corrected chi connectivity index (χ4v) is 6.64. The third-order valence-electron chi connectivity index (χ3n) is 7.42. The van der Waals surface area contributed by atoms with Gasteiger partial charge in [0.15, 0.2) is 0 Å². The van der Waals surface area contributed by atoms with Crippen LogP contribution in [0.4, 0.5) is 13.2 Å². The van der Waals surface area contributed by atoms with E-state index in [4.69, 9.17) is 0 Å². The molecule has 2 aromatic carbocycles. The second-order valence-corrected chi connectivity index (χ2v) is 12.7. The van der Waals surface area contributed by atoms with Gasteiger partial charge in [-0.25, -0.2) is 13.1 Å². The van der Waals surface area contributed by atoms with E-state index in [1.54, 1.807) is 0 Å². The molecule has 1 atom stereocenters. The van der Waals surface area contributed by atoms with Crippen molar-refractivity contribution in [3.8, 4) is 0 Å². The Labute approximate surface area is 211 Å². The molecular formula is C27H33F3N2O3S. The van der Waals surface area contributed by atoms with Crippen molar-refractivity contribution in [1.29, 1.82) is 0 Å². The molecule has 0 spiro atoms. The molecule has 1 unspecified atom stereocenters. The van der Waals surface area contributed by atoms with E-state index in [9.17, 15) is 26.4 Å². The summed E-state index contributed by atoms with van der Waals surface area (Å²) in [6.45, 7) is 7.04. The standard InChI is InChI=1S/C27H33F3N2O3S/c1-26(2,3)24-16-19-6-4-5-7-20(19)17-32(24)25(33)18-8-12-22(13-9-18)31-36(34,35)23-14-10-21(11-15-23)27(28,29)30/h4-7,10-11,14-15,18,22,24,31H,8-9,12-13,16-17H2,1-3H3. The highest BCUT2D eigenvalue weighted by Gasteiger charge is 2.40. The minimum absolute atomic E-state index is 0.0794. The van der Waals surface area contributed by atoms with Gasteiger partial charge in [0.2, 0.25) is 15.9 Å². The van der Waals surface area contributed by atoms with Gasteiger partial charge in [0.25, 0.3) is 0 Å². The van der Waals surface area contributed by atoms with Gasteiger partial charge in [0.05, 0.1) is 10.5 Å². The van der Waals surface area contributed by atoms with E-state index in [1.165, 1.54) is 11.1 Å². The summed E-state index contributed by atoms with van der Waals surface area (Å²) in [5.41, 5.74) is 1.47. The monoisotopic (exact) mass is 522 g/mol. The first kappa shape index (κ1) is 26.7. The van der Waals surface area contributed by atoms with Crippen LogP contribution >= 0.6 is 0 Å². The van der Waals surface area contributed by atoms with E-state index in [0.717, 1.165) is 30.7 Å². The van der Waals surface area contributed by atoms with Crippen molar-refractivity contribution in [3.63, 3.8) is 0 Å². The van der Waals surface area contributed by atoms with Gasteiger partial charge in [-0.1, -0.05) is 45.0 Å². The van der Waals surface area contributed by atoms with Gasteiger partial charge in [0, 0.05) is 24.5 Å². The molecule has 5 nitrogen and oxygen atoms in total. The van der Waals surface area contributed by atoms with Crippen molar-refractivity contribution >= 4 is 15.9 Å². The highest BCUT2D eigenvalue weighted by atomic mass is 32.2. The molecule has 1 heterocycles. The molecule has 36 heavy (non-hydrogen) atoms. The molecule has 1 aliphatic carbocycles. The Morgan fingerprint density at radius 3 is 2.06 bits per heavy atom. The van der Waals surface area contributed by atoms with E-state index >= 15 is 0 Å². The summed E-state index contributed by atoms with van der Waals surface area (Å²) in [5, 5.41) is 0. The predicted molar refractivity (Wildman–Crippen MR) is 131 cm³/mol. The Morgan fingerprint density at radius 1 is 0.917 bits per heavy atom. The third kappa shape index (κ3) is 5.78. The van der Waals surface area contributed by atoms with Gasteiger partial charge in [-0.15, -0.1) is 0 Å². The first-order valence-electron chi connectivity index (χ1n) is 12.3. The van der Waals surface area contributed by atoms with Crippen molar-refractivity contribution in [1.82, 2.24) is 9.62 Å². The van der Waals surface area contributed by atoms with Crippen LogP contribution in [0.3, 0.4) is 0 Å². The zero-order valence-electron chi connectivity index (χ0n) is 20.8. The lowest BCUT2D eigenvalue weighted by Gasteiger charge is -2.46. The summed E-state index contributed by atoms with van der Waals surface area (Å²) in [6.07, 6.45) is -1.58. The molecule has 1 fully saturated rings.